The fraction of sp³-hybridized carbons (Fsp3) is 0.938. The van der Waals surface area contributed by atoms with Crippen molar-refractivity contribution in [3.05, 3.63) is 0 Å². The summed E-state index contributed by atoms with van der Waals surface area (Å²) in [5, 5.41) is 10.4. The maximum atomic E-state index is 12.5. The molecule has 3 rings (SSSR count). The molecule has 1 heterocycles. The highest BCUT2D eigenvalue weighted by Gasteiger charge is 2.37. The van der Waals surface area contributed by atoms with Crippen LogP contribution in [0.4, 0.5) is 0 Å². The molecule has 1 N–H and O–H groups in total. The van der Waals surface area contributed by atoms with Gasteiger partial charge < -0.3 is 14.9 Å². The molecule has 0 aromatic carbocycles. The van der Waals surface area contributed by atoms with E-state index in [2.05, 4.69) is 4.90 Å². The Kier molecular flexibility index (Phi) is 4.04. The second kappa shape index (κ2) is 5.64. The molecule has 0 aromatic rings. The van der Waals surface area contributed by atoms with Gasteiger partial charge in [-0.25, -0.2) is 0 Å². The third-order valence-electron chi connectivity index (χ3n) is 5.38. The number of rotatable bonds is 4. The lowest BCUT2D eigenvalue weighted by Crippen LogP contribution is -2.46. The summed E-state index contributed by atoms with van der Waals surface area (Å²) in [7, 11) is 1.87. The van der Waals surface area contributed by atoms with Gasteiger partial charge >= 0.3 is 0 Å². The quantitative estimate of drug-likeness (QED) is 0.851. The number of carbonyl (C=O) groups is 1. The van der Waals surface area contributed by atoms with Crippen LogP contribution in [0.15, 0.2) is 0 Å². The smallest absolute Gasteiger partial charge is 0.225 e. The normalized spacial score (nSPS) is 27.7. The number of piperidine rings is 1. The number of likely N-dealkylation sites (N-methyl/N-ethyl adjacent to an activating group) is 1. The Labute approximate surface area is 122 Å². The first kappa shape index (κ1) is 14.3. The summed E-state index contributed by atoms with van der Waals surface area (Å²) >= 11 is 0. The molecule has 3 aliphatic rings. The molecule has 2 aliphatic carbocycles. The molecule has 0 atom stereocenters. The molecule has 20 heavy (non-hydrogen) atoms. The molecule has 4 heteroatoms. The second-order valence-electron chi connectivity index (χ2n) is 7.17. The molecule has 2 saturated carbocycles. The van der Waals surface area contributed by atoms with Crippen LogP contribution in [0.2, 0.25) is 0 Å². The zero-order valence-electron chi connectivity index (χ0n) is 12.7. The van der Waals surface area contributed by atoms with Gasteiger partial charge in [0, 0.05) is 25.6 Å². The van der Waals surface area contributed by atoms with Gasteiger partial charge in [0.25, 0.3) is 0 Å². The fourth-order valence-corrected chi connectivity index (χ4v) is 3.97. The second-order valence-corrected chi connectivity index (χ2v) is 7.17. The molecule has 1 aliphatic heterocycles. The van der Waals surface area contributed by atoms with Crippen LogP contribution in [0.3, 0.4) is 0 Å². The van der Waals surface area contributed by atoms with Crippen molar-refractivity contribution in [3.8, 4) is 0 Å². The van der Waals surface area contributed by atoms with Crippen molar-refractivity contribution in [2.24, 2.45) is 5.92 Å². The molecule has 0 bridgehead atoms. The SMILES string of the molecule is CN(CC1(O)CCCC1)C(=O)C1CCN(C2CC2)CC1. The van der Waals surface area contributed by atoms with E-state index in [9.17, 15) is 9.90 Å². The van der Waals surface area contributed by atoms with Crippen LogP contribution in [0, 0.1) is 5.92 Å². The fourth-order valence-electron chi connectivity index (χ4n) is 3.97. The number of hydrogen-bond donors (Lipinski definition) is 1. The minimum atomic E-state index is -0.612. The number of aliphatic hydroxyl groups is 1. The maximum absolute atomic E-state index is 12.5. The van der Waals surface area contributed by atoms with E-state index in [1.165, 1.54) is 12.8 Å². The average molecular weight is 280 g/mol. The Balaban J connectivity index is 1.48. The molecule has 0 aromatic heterocycles. The lowest BCUT2D eigenvalue weighted by molar-refractivity contribution is -0.139. The first-order chi connectivity index (χ1) is 9.57. The Morgan fingerprint density at radius 1 is 1.20 bits per heavy atom. The van der Waals surface area contributed by atoms with E-state index in [-0.39, 0.29) is 11.8 Å². The minimum Gasteiger partial charge on any atom is -0.388 e. The number of carbonyl (C=O) groups excluding carboxylic acids is 1. The summed E-state index contributed by atoms with van der Waals surface area (Å²) in [4.78, 5) is 16.9. The summed E-state index contributed by atoms with van der Waals surface area (Å²) in [6, 6.07) is 0.822. The van der Waals surface area contributed by atoms with Gasteiger partial charge in [0.05, 0.1) is 5.60 Å². The molecule has 1 amide bonds. The minimum absolute atomic E-state index is 0.181. The molecule has 114 valence electrons. The van der Waals surface area contributed by atoms with Crippen molar-refractivity contribution in [2.75, 3.05) is 26.7 Å². The number of hydrogen-bond acceptors (Lipinski definition) is 3. The number of likely N-dealkylation sites (tertiary alicyclic amines) is 1. The monoisotopic (exact) mass is 280 g/mol. The van der Waals surface area contributed by atoms with Crippen molar-refractivity contribution in [3.63, 3.8) is 0 Å². The van der Waals surface area contributed by atoms with Crippen LogP contribution in [0.25, 0.3) is 0 Å². The third kappa shape index (κ3) is 3.17. The average Bonchev–Trinajstić information content (AvgIpc) is 3.21. The van der Waals surface area contributed by atoms with Crippen molar-refractivity contribution in [2.45, 2.75) is 63.0 Å². The van der Waals surface area contributed by atoms with Crippen molar-refractivity contribution >= 4 is 5.91 Å². The first-order valence-corrected chi connectivity index (χ1v) is 8.29. The van der Waals surface area contributed by atoms with Crippen molar-refractivity contribution in [1.82, 2.24) is 9.80 Å². The van der Waals surface area contributed by atoms with Gasteiger partial charge in [-0.05, 0) is 51.6 Å². The third-order valence-corrected chi connectivity index (χ3v) is 5.38. The maximum Gasteiger partial charge on any atom is 0.225 e. The summed E-state index contributed by atoms with van der Waals surface area (Å²) in [5.74, 6) is 0.431. The van der Waals surface area contributed by atoms with E-state index >= 15 is 0 Å². The van der Waals surface area contributed by atoms with Crippen LogP contribution in [-0.2, 0) is 4.79 Å². The molecule has 0 unspecified atom stereocenters. The van der Waals surface area contributed by atoms with E-state index in [1.54, 1.807) is 4.90 Å². The highest BCUT2D eigenvalue weighted by molar-refractivity contribution is 5.78. The largest absolute Gasteiger partial charge is 0.388 e. The highest BCUT2D eigenvalue weighted by Crippen LogP contribution is 2.33. The van der Waals surface area contributed by atoms with Gasteiger partial charge in [0.1, 0.15) is 0 Å². The van der Waals surface area contributed by atoms with Crippen LogP contribution in [-0.4, -0.2) is 59.1 Å². The zero-order chi connectivity index (χ0) is 14.2. The predicted molar refractivity (Wildman–Crippen MR) is 78.4 cm³/mol. The van der Waals surface area contributed by atoms with Crippen LogP contribution in [0.5, 0.6) is 0 Å². The van der Waals surface area contributed by atoms with Gasteiger partial charge in [0.2, 0.25) is 5.91 Å². The van der Waals surface area contributed by atoms with Gasteiger partial charge in [-0.3, -0.25) is 4.79 Å². The molecular weight excluding hydrogens is 252 g/mol. The summed E-state index contributed by atoms with van der Waals surface area (Å²) < 4.78 is 0. The Morgan fingerprint density at radius 3 is 2.35 bits per heavy atom. The topological polar surface area (TPSA) is 43.8 Å². The molecule has 0 radical (unpaired) electrons. The standard InChI is InChI=1S/C16H28N2O2/c1-17(12-16(20)8-2-3-9-16)15(19)13-6-10-18(11-7-13)14-4-5-14/h13-14,20H,2-12H2,1H3. The Hall–Kier alpha value is -0.610. The van der Waals surface area contributed by atoms with E-state index in [1.807, 2.05) is 7.05 Å². The molecular formula is C16H28N2O2. The van der Waals surface area contributed by atoms with Crippen LogP contribution in [0.1, 0.15) is 51.4 Å². The predicted octanol–water partition coefficient (Wildman–Crippen LogP) is 1.62. The summed E-state index contributed by atoms with van der Waals surface area (Å²) in [6.07, 6.45) is 8.60. The first-order valence-electron chi connectivity index (χ1n) is 8.29. The highest BCUT2D eigenvalue weighted by atomic mass is 16.3. The van der Waals surface area contributed by atoms with E-state index in [4.69, 9.17) is 0 Å². The summed E-state index contributed by atoms with van der Waals surface area (Å²) in [5.41, 5.74) is -0.612. The molecule has 3 fully saturated rings. The lowest BCUT2D eigenvalue weighted by Gasteiger charge is -2.35. The molecule has 4 nitrogen and oxygen atoms in total. The summed E-state index contributed by atoms with van der Waals surface area (Å²) in [6.45, 7) is 2.69. The molecule has 1 saturated heterocycles. The van der Waals surface area contributed by atoms with Crippen LogP contribution >= 0.6 is 0 Å². The number of nitrogens with zero attached hydrogens (tertiary/aromatic N) is 2. The lowest BCUT2D eigenvalue weighted by atomic mass is 9.94. The van der Waals surface area contributed by atoms with Crippen molar-refractivity contribution in [1.29, 1.82) is 0 Å². The van der Waals surface area contributed by atoms with Gasteiger partial charge in [-0.2, -0.15) is 0 Å². The van der Waals surface area contributed by atoms with Gasteiger partial charge in [0.15, 0.2) is 0 Å². The van der Waals surface area contributed by atoms with E-state index in [0.29, 0.717) is 6.54 Å². The Bertz CT molecular complexity index is 353. The van der Waals surface area contributed by atoms with E-state index < -0.39 is 5.60 Å². The van der Waals surface area contributed by atoms with Gasteiger partial charge in [-0.1, -0.05) is 12.8 Å². The van der Waals surface area contributed by atoms with Crippen molar-refractivity contribution < 1.29 is 9.90 Å². The number of amides is 1. The Morgan fingerprint density at radius 2 is 1.80 bits per heavy atom. The van der Waals surface area contributed by atoms with E-state index in [0.717, 1.165) is 57.7 Å². The molecule has 0 spiro atoms. The van der Waals surface area contributed by atoms with Gasteiger partial charge in [-0.15, -0.1) is 0 Å². The van der Waals surface area contributed by atoms with Crippen LogP contribution < -0.4 is 0 Å². The zero-order valence-corrected chi connectivity index (χ0v) is 12.7.